The lowest BCUT2D eigenvalue weighted by molar-refractivity contribution is 0.0393. The second-order valence-corrected chi connectivity index (χ2v) is 5.21. The van der Waals surface area contributed by atoms with Crippen LogP contribution in [-0.2, 0) is 4.74 Å². The Morgan fingerprint density at radius 2 is 1.87 bits per heavy atom. The highest BCUT2D eigenvalue weighted by Gasteiger charge is 2.37. The Hall–Kier alpha value is -0.0800. The van der Waals surface area contributed by atoms with Crippen LogP contribution >= 0.6 is 0 Å². The molecule has 3 atom stereocenters. The molecule has 0 amide bonds. The van der Waals surface area contributed by atoms with Crippen molar-refractivity contribution in [3.63, 3.8) is 0 Å². The molecule has 0 spiro atoms. The molecule has 15 heavy (non-hydrogen) atoms. The van der Waals surface area contributed by atoms with Gasteiger partial charge in [0.15, 0.2) is 0 Å². The van der Waals surface area contributed by atoms with Crippen molar-refractivity contribution in [1.82, 2.24) is 5.32 Å². The molecule has 0 aromatic heterocycles. The molecule has 0 aromatic rings. The summed E-state index contributed by atoms with van der Waals surface area (Å²) < 4.78 is 5.45. The molecule has 2 nitrogen and oxygen atoms in total. The minimum atomic E-state index is 0.780. The van der Waals surface area contributed by atoms with E-state index in [4.69, 9.17) is 4.74 Å². The van der Waals surface area contributed by atoms with E-state index in [9.17, 15) is 0 Å². The summed E-state index contributed by atoms with van der Waals surface area (Å²) in [5, 5.41) is 3.63. The standard InChI is InChI=1S/C13H25NO/c1-3-14-13-5-4-12(10(13)2)11-6-8-15-9-7-11/h10-14H,3-9H2,1-2H3. The quantitative estimate of drug-likeness (QED) is 0.774. The molecule has 2 rings (SSSR count). The third-order valence-corrected chi connectivity index (χ3v) is 4.46. The van der Waals surface area contributed by atoms with Gasteiger partial charge in [0.05, 0.1) is 0 Å². The van der Waals surface area contributed by atoms with Gasteiger partial charge in [-0.2, -0.15) is 0 Å². The molecule has 2 fully saturated rings. The zero-order valence-corrected chi connectivity index (χ0v) is 10.2. The van der Waals surface area contributed by atoms with Gasteiger partial charge in [0.25, 0.3) is 0 Å². The van der Waals surface area contributed by atoms with E-state index in [0.29, 0.717) is 0 Å². The van der Waals surface area contributed by atoms with Crippen LogP contribution in [0.4, 0.5) is 0 Å². The third kappa shape index (κ3) is 2.54. The summed E-state index contributed by atoms with van der Waals surface area (Å²) in [4.78, 5) is 0. The van der Waals surface area contributed by atoms with Crippen LogP contribution in [0.25, 0.3) is 0 Å². The Bertz CT molecular complexity index is 189. The Kier molecular flexibility index (Phi) is 4.04. The number of rotatable bonds is 3. The molecule has 1 saturated carbocycles. The smallest absolute Gasteiger partial charge is 0.0468 e. The SMILES string of the molecule is CCNC1CCC(C2CCOCC2)C1C. The van der Waals surface area contributed by atoms with Crippen molar-refractivity contribution in [2.75, 3.05) is 19.8 Å². The summed E-state index contributed by atoms with van der Waals surface area (Å²) in [5.74, 6) is 2.77. The first kappa shape index (κ1) is 11.4. The average Bonchev–Trinajstić information content (AvgIpc) is 2.63. The van der Waals surface area contributed by atoms with Crippen LogP contribution < -0.4 is 5.32 Å². The van der Waals surface area contributed by atoms with Crippen molar-refractivity contribution in [3.05, 3.63) is 0 Å². The maximum Gasteiger partial charge on any atom is 0.0468 e. The fraction of sp³-hybridized carbons (Fsp3) is 1.00. The number of hydrogen-bond acceptors (Lipinski definition) is 2. The maximum absolute atomic E-state index is 5.45. The first-order valence-corrected chi connectivity index (χ1v) is 6.64. The lowest BCUT2D eigenvalue weighted by atomic mass is 9.79. The molecular weight excluding hydrogens is 186 g/mol. The summed E-state index contributed by atoms with van der Waals surface area (Å²) in [6, 6.07) is 0.780. The van der Waals surface area contributed by atoms with Crippen molar-refractivity contribution < 1.29 is 4.74 Å². The summed E-state index contributed by atoms with van der Waals surface area (Å²) in [5.41, 5.74) is 0. The summed E-state index contributed by atoms with van der Waals surface area (Å²) in [6.07, 6.45) is 5.42. The fourth-order valence-electron chi connectivity index (χ4n) is 3.56. The van der Waals surface area contributed by atoms with Crippen molar-refractivity contribution in [1.29, 1.82) is 0 Å². The second-order valence-electron chi connectivity index (χ2n) is 5.21. The molecule has 3 unspecified atom stereocenters. The average molecular weight is 211 g/mol. The van der Waals surface area contributed by atoms with Gasteiger partial charge < -0.3 is 10.1 Å². The van der Waals surface area contributed by atoms with E-state index in [1.165, 1.54) is 25.7 Å². The van der Waals surface area contributed by atoms with Crippen LogP contribution in [0, 0.1) is 17.8 Å². The topological polar surface area (TPSA) is 21.3 Å². The van der Waals surface area contributed by atoms with Gasteiger partial charge in [0.2, 0.25) is 0 Å². The van der Waals surface area contributed by atoms with Crippen LogP contribution in [0.2, 0.25) is 0 Å². The van der Waals surface area contributed by atoms with Crippen molar-refractivity contribution >= 4 is 0 Å². The molecule has 2 heteroatoms. The van der Waals surface area contributed by atoms with Crippen molar-refractivity contribution in [3.8, 4) is 0 Å². The van der Waals surface area contributed by atoms with Crippen molar-refractivity contribution in [2.45, 2.75) is 45.6 Å². The Morgan fingerprint density at radius 1 is 1.13 bits per heavy atom. The van der Waals surface area contributed by atoms with E-state index < -0.39 is 0 Å². The second kappa shape index (κ2) is 5.31. The highest BCUT2D eigenvalue weighted by molar-refractivity contribution is 4.90. The molecule has 88 valence electrons. The predicted octanol–water partition coefficient (Wildman–Crippen LogP) is 2.44. The van der Waals surface area contributed by atoms with E-state index in [-0.39, 0.29) is 0 Å². The molecule has 0 bridgehead atoms. The maximum atomic E-state index is 5.45. The zero-order chi connectivity index (χ0) is 10.7. The Balaban J connectivity index is 1.87. The highest BCUT2D eigenvalue weighted by atomic mass is 16.5. The van der Waals surface area contributed by atoms with Gasteiger partial charge in [-0.3, -0.25) is 0 Å². The van der Waals surface area contributed by atoms with Crippen LogP contribution in [0.1, 0.15) is 39.5 Å². The minimum Gasteiger partial charge on any atom is -0.381 e. The fourth-order valence-corrected chi connectivity index (χ4v) is 3.56. The lowest BCUT2D eigenvalue weighted by Crippen LogP contribution is -2.35. The summed E-state index contributed by atoms with van der Waals surface area (Å²) in [7, 11) is 0. The summed E-state index contributed by atoms with van der Waals surface area (Å²) >= 11 is 0. The van der Waals surface area contributed by atoms with Gasteiger partial charge in [0.1, 0.15) is 0 Å². The molecule has 1 aliphatic carbocycles. The number of ether oxygens (including phenoxy) is 1. The molecule has 1 N–H and O–H groups in total. The van der Waals surface area contributed by atoms with Gasteiger partial charge in [-0.05, 0) is 50.0 Å². The summed E-state index contributed by atoms with van der Waals surface area (Å²) in [6.45, 7) is 7.78. The van der Waals surface area contributed by atoms with Gasteiger partial charge in [-0.15, -0.1) is 0 Å². The Morgan fingerprint density at radius 3 is 2.53 bits per heavy atom. The predicted molar refractivity (Wildman–Crippen MR) is 62.9 cm³/mol. The van der Waals surface area contributed by atoms with E-state index in [0.717, 1.165) is 43.6 Å². The Labute approximate surface area is 93.8 Å². The minimum absolute atomic E-state index is 0.780. The monoisotopic (exact) mass is 211 g/mol. The van der Waals surface area contributed by atoms with Crippen molar-refractivity contribution in [2.24, 2.45) is 17.8 Å². The number of hydrogen-bond donors (Lipinski definition) is 1. The first-order valence-electron chi connectivity index (χ1n) is 6.64. The van der Waals surface area contributed by atoms with E-state index in [1.807, 2.05) is 0 Å². The van der Waals surface area contributed by atoms with E-state index in [2.05, 4.69) is 19.2 Å². The van der Waals surface area contributed by atoms with E-state index >= 15 is 0 Å². The molecular formula is C13H25NO. The molecule has 0 aromatic carbocycles. The molecule has 1 saturated heterocycles. The normalized spacial score (nSPS) is 38.4. The van der Waals surface area contributed by atoms with Gasteiger partial charge >= 0.3 is 0 Å². The number of nitrogens with one attached hydrogen (secondary N) is 1. The molecule has 2 aliphatic rings. The molecule has 0 radical (unpaired) electrons. The van der Waals surface area contributed by atoms with Crippen LogP contribution in [0.15, 0.2) is 0 Å². The largest absolute Gasteiger partial charge is 0.381 e. The van der Waals surface area contributed by atoms with E-state index in [1.54, 1.807) is 0 Å². The lowest BCUT2D eigenvalue weighted by Gasteiger charge is -2.31. The highest BCUT2D eigenvalue weighted by Crippen LogP contribution is 2.40. The molecule has 1 aliphatic heterocycles. The van der Waals surface area contributed by atoms with Crippen LogP contribution in [-0.4, -0.2) is 25.8 Å². The van der Waals surface area contributed by atoms with Crippen LogP contribution in [0.3, 0.4) is 0 Å². The van der Waals surface area contributed by atoms with Gasteiger partial charge in [-0.1, -0.05) is 13.8 Å². The molecule has 1 heterocycles. The third-order valence-electron chi connectivity index (χ3n) is 4.46. The first-order chi connectivity index (χ1) is 7.33. The van der Waals surface area contributed by atoms with Gasteiger partial charge in [0, 0.05) is 19.3 Å². The van der Waals surface area contributed by atoms with Crippen LogP contribution in [0.5, 0.6) is 0 Å². The zero-order valence-electron chi connectivity index (χ0n) is 10.2. The van der Waals surface area contributed by atoms with Gasteiger partial charge in [-0.25, -0.2) is 0 Å².